The molecule has 3 aromatic rings. The summed E-state index contributed by atoms with van der Waals surface area (Å²) >= 11 is 5.79. The fourth-order valence-corrected chi connectivity index (χ4v) is 4.44. The number of unbranched alkanes of at least 4 members (excludes halogenated alkanes) is 3. The Kier molecular flexibility index (Phi) is 14.6. The monoisotopic (exact) mass is 638 g/mol. The maximum Gasteiger partial charge on any atom is 0.330 e. The Bertz CT molecular complexity index is 1470. The summed E-state index contributed by atoms with van der Waals surface area (Å²) in [5, 5.41) is 8.91. The maximum atomic E-state index is 11.4. The van der Waals surface area contributed by atoms with Gasteiger partial charge in [-0.25, -0.2) is 9.59 Å². The number of carboxylic acids is 1. The van der Waals surface area contributed by atoms with Crippen LogP contribution in [0.25, 0.3) is 12.2 Å². The van der Waals surface area contributed by atoms with E-state index in [1.807, 2.05) is 24.3 Å². The first kappa shape index (κ1) is 34.9. The van der Waals surface area contributed by atoms with Crippen LogP contribution in [0.4, 0.5) is 0 Å². The molecule has 240 valence electrons. The van der Waals surface area contributed by atoms with Crippen LogP contribution in [-0.2, 0) is 27.5 Å². The van der Waals surface area contributed by atoms with Crippen LogP contribution in [0.5, 0.6) is 28.7 Å². The number of esters is 1. The van der Waals surface area contributed by atoms with Crippen LogP contribution in [0.3, 0.4) is 0 Å². The standard InChI is InChI=1S/C35H39ClO9/c1-40-32-21-25(10-14-34(37)38)8-12-30(32)44-23-27-18-28(20-29(19-27)43-17-7-5-4-6-16-36)24-45-31-13-9-26(22-33(31)41-2)11-15-35(39)42-3/h8-15,18-22H,4-7,16-17,23-24H2,1-3H3,(H,37,38)/b14-10+,15-11+. The highest BCUT2D eigenvalue weighted by atomic mass is 35.5. The van der Waals surface area contributed by atoms with Gasteiger partial charge in [0.25, 0.3) is 0 Å². The number of aliphatic carboxylic acids is 1. The summed E-state index contributed by atoms with van der Waals surface area (Å²) in [5.41, 5.74) is 3.16. The van der Waals surface area contributed by atoms with Gasteiger partial charge in [0.1, 0.15) is 19.0 Å². The Hall–Kier alpha value is -4.63. The number of halogens is 1. The van der Waals surface area contributed by atoms with E-state index in [9.17, 15) is 9.59 Å². The lowest BCUT2D eigenvalue weighted by molar-refractivity contribution is -0.135. The van der Waals surface area contributed by atoms with E-state index in [1.54, 1.807) is 43.5 Å². The predicted octanol–water partition coefficient (Wildman–Crippen LogP) is 7.32. The quantitative estimate of drug-likeness (QED) is 0.0625. The third-order valence-electron chi connectivity index (χ3n) is 6.52. The van der Waals surface area contributed by atoms with Crippen molar-refractivity contribution >= 4 is 35.7 Å². The van der Waals surface area contributed by atoms with E-state index in [2.05, 4.69) is 4.74 Å². The van der Waals surface area contributed by atoms with E-state index in [1.165, 1.54) is 26.4 Å². The van der Waals surface area contributed by atoms with Gasteiger partial charge in [0.2, 0.25) is 0 Å². The lowest BCUT2D eigenvalue weighted by Gasteiger charge is -2.15. The van der Waals surface area contributed by atoms with Crippen LogP contribution in [0.1, 0.15) is 47.9 Å². The molecule has 3 aromatic carbocycles. The summed E-state index contributed by atoms with van der Waals surface area (Å²) in [6.45, 7) is 1.03. The third-order valence-corrected chi connectivity index (χ3v) is 6.79. The van der Waals surface area contributed by atoms with E-state index in [4.69, 9.17) is 40.4 Å². The topological polar surface area (TPSA) is 110 Å². The van der Waals surface area contributed by atoms with Gasteiger partial charge >= 0.3 is 11.9 Å². The number of methoxy groups -OCH3 is 3. The fraction of sp³-hybridized carbons (Fsp3) is 0.314. The first-order chi connectivity index (χ1) is 21.8. The molecule has 0 aliphatic heterocycles. The molecule has 9 nitrogen and oxygen atoms in total. The van der Waals surface area contributed by atoms with Gasteiger partial charge in [-0.15, -0.1) is 11.6 Å². The highest BCUT2D eigenvalue weighted by Gasteiger charge is 2.11. The van der Waals surface area contributed by atoms with Crippen LogP contribution in [0.15, 0.2) is 66.7 Å². The zero-order valence-electron chi connectivity index (χ0n) is 25.8. The zero-order valence-corrected chi connectivity index (χ0v) is 26.5. The van der Waals surface area contributed by atoms with Gasteiger partial charge in [0.05, 0.1) is 27.9 Å². The molecule has 0 aliphatic carbocycles. The number of benzene rings is 3. The van der Waals surface area contributed by atoms with Crippen molar-refractivity contribution in [3.8, 4) is 28.7 Å². The average Bonchev–Trinajstić information content (AvgIpc) is 3.06. The molecule has 0 saturated heterocycles. The average molecular weight is 639 g/mol. The normalized spacial score (nSPS) is 11.0. The van der Waals surface area contributed by atoms with Gasteiger partial charge in [-0.05, 0) is 89.7 Å². The summed E-state index contributed by atoms with van der Waals surface area (Å²) in [6.07, 6.45) is 9.52. The van der Waals surface area contributed by atoms with Gasteiger partial charge in [-0.3, -0.25) is 0 Å². The Morgan fingerprint density at radius 1 is 0.689 bits per heavy atom. The Morgan fingerprint density at radius 3 is 1.76 bits per heavy atom. The van der Waals surface area contributed by atoms with E-state index < -0.39 is 11.9 Å². The molecule has 0 amide bonds. The molecular weight excluding hydrogens is 600 g/mol. The number of ether oxygens (including phenoxy) is 6. The molecular formula is C35H39ClO9. The van der Waals surface area contributed by atoms with Gasteiger partial charge in [-0.1, -0.05) is 25.0 Å². The van der Waals surface area contributed by atoms with Crippen LogP contribution >= 0.6 is 11.6 Å². The van der Waals surface area contributed by atoms with Gasteiger partial charge in [-0.2, -0.15) is 0 Å². The summed E-state index contributed by atoms with van der Waals surface area (Å²) in [5.74, 6) is 1.93. The highest BCUT2D eigenvalue weighted by Crippen LogP contribution is 2.32. The van der Waals surface area contributed by atoms with Crippen molar-refractivity contribution in [2.45, 2.75) is 38.9 Å². The molecule has 3 rings (SSSR count). The Balaban J connectivity index is 1.77. The molecule has 0 heterocycles. The summed E-state index contributed by atoms with van der Waals surface area (Å²) < 4.78 is 34.0. The van der Waals surface area contributed by atoms with E-state index in [-0.39, 0.29) is 13.2 Å². The molecule has 0 unspecified atom stereocenters. The van der Waals surface area contributed by atoms with Crippen molar-refractivity contribution in [1.29, 1.82) is 0 Å². The number of rotatable bonds is 19. The van der Waals surface area contributed by atoms with E-state index in [0.29, 0.717) is 46.8 Å². The SMILES string of the molecule is COC(=O)/C=C/c1ccc(OCc2cc(COc3ccc(/C=C/C(=O)O)cc3OC)cc(OCCCCCCCl)c2)c(OC)c1. The van der Waals surface area contributed by atoms with Crippen LogP contribution in [-0.4, -0.2) is 50.9 Å². The molecule has 0 aromatic heterocycles. The number of alkyl halides is 1. The molecule has 0 saturated carbocycles. The molecule has 1 N–H and O–H groups in total. The smallest absolute Gasteiger partial charge is 0.330 e. The van der Waals surface area contributed by atoms with Crippen LogP contribution in [0, 0.1) is 0 Å². The minimum Gasteiger partial charge on any atom is -0.494 e. The second-order valence-corrected chi connectivity index (χ2v) is 10.2. The number of carboxylic acid groups (broad SMARTS) is 1. The van der Waals surface area contributed by atoms with E-state index >= 15 is 0 Å². The Labute approximate surface area is 268 Å². The first-order valence-electron chi connectivity index (χ1n) is 14.5. The van der Waals surface area contributed by atoms with Gasteiger partial charge in [0.15, 0.2) is 23.0 Å². The van der Waals surface area contributed by atoms with Crippen molar-refractivity contribution < 1.29 is 43.1 Å². The summed E-state index contributed by atoms with van der Waals surface area (Å²) in [4.78, 5) is 22.3. The molecule has 10 heteroatoms. The van der Waals surface area contributed by atoms with Crippen molar-refractivity contribution in [3.05, 3.63) is 89.0 Å². The number of hydrogen-bond acceptors (Lipinski definition) is 8. The van der Waals surface area contributed by atoms with Gasteiger partial charge < -0.3 is 33.5 Å². The number of carbonyl (C=O) groups is 2. The minimum absolute atomic E-state index is 0.227. The second kappa shape index (κ2) is 18.9. The lowest BCUT2D eigenvalue weighted by Crippen LogP contribution is -2.04. The molecule has 0 radical (unpaired) electrons. The minimum atomic E-state index is -1.03. The van der Waals surface area contributed by atoms with Crippen LogP contribution < -0.4 is 23.7 Å². The molecule has 0 fully saturated rings. The number of carbonyl (C=O) groups excluding carboxylic acids is 1. The molecule has 0 bridgehead atoms. The summed E-state index contributed by atoms with van der Waals surface area (Å²) in [7, 11) is 4.40. The Morgan fingerprint density at radius 2 is 1.24 bits per heavy atom. The van der Waals surface area contributed by atoms with Crippen molar-refractivity contribution in [2.24, 2.45) is 0 Å². The summed E-state index contributed by atoms with van der Waals surface area (Å²) in [6, 6.07) is 16.4. The number of hydrogen-bond donors (Lipinski definition) is 1. The zero-order chi connectivity index (χ0) is 32.4. The lowest BCUT2D eigenvalue weighted by atomic mass is 10.1. The van der Waals surface area contributed by atoms with Crippen molar-refractivity contribution in [3.63, 3.8) is 0 Å². The maximum absolute atomic E-state index is 11.4. The van der Waals surface area contributed by atoms with Gasteiger partial charge in [0, 0.05) is 18.0 Å². The largest absolute Gasteiger partial charge is 0.494 e. The molecule has 0 atom stereocenters. The third kappa shape index (κ3) is 12.1. The van der Waals surface area contributed by atoms with Crippen molar-refractivity contribution in [1.82, 2.24) is 0 Å². The molecule has 0 aliphatic rings. The van der Waals surface area contributed by atoms with Crippen molar-refractivity contribution in [2.75, 3.05) is 33.8 Å². The molecule has 0 spiro atoms. The predicted molar refractivity (Wildman–Crippen MR) is 173 cm³/mol. The highest BCUT2D eigenvalue weighted by molar-refractivity contribution is 6.17. The molecule has 45 heavy (non-hydrogen) atoms. The second-order valence-electron chi connectivity index (χ2n) is 9.86. The fourth-order valence-electron chi connectivity index (χ4n) is 4.25. The van der Waals surface area contributed by atoms with Crippen LogP contribution in [0.2, 0.25) is 0 Å². The first-order valence-corrected chi connectivity index (χ1v) is 15.0. The van der Waals surface area contributed by atoms with E-state index in [0.717, 1.165) is 48.4 Å².